The van der Waals surface area contributed by atoms with E-state index in [1.54, 1.807) is 31.2 Å². The Morgan fingerprint density at radius 1 is 1.16 bits per heavy atom. The molecule has 0 bridgehead atoms. The number of aliphatic hydroxyl groups is 3. The Kier molecular flexibility index (Phi) is 4.42. The average Bonchev–Trinajstić information content (AvgIpc) is 2.42. The van der Waals surface area contributed by atoms with Gasteiger partial charge in [-0.1, -0.05) is 18.2 Å². The van der Waals surface area contributed by atoms with Gasteiger partial charge in [-0.25, -0.2) is 0 Å². The molecule has 0 saturated carbocycles. The molecule has 5 nitrogen and oxygen atoms in total. The van der Waals surface area contributed by atoms with Crippen LogP contribution in [-0.4, -0.2) is 44.9 Å². The Balaban J connectivity index is 2.38. The maximum atomic E-state index is 10.0. The molecule has 1 heterocycles. The van der Waals surface area contributed by atoms with Gasteiger partial charge in [-0.3, -0.25) is 0 Å². The number of rotatable bonds is 2. The fourth-order valence-corrected chi connectivity index (χ4v) is 2.29. The normalized spacial score (nSPS) is 34.6. The molecule has 1 unspecified atom stereocenters. The lowest BCUT2D eigenvalue weighted by Gasteiger charge is -2.39. The maximum absolute atomic E-state index is 10.0. The minimum Gasteiger partial charge on any atom is -0.388 e. The zero-order valence-electron chi connectivity index (χ0n) is 10.3. The van der Waals surface area contributed by atoms with Crippen molar-refractivity contribution in [2.45, 2.75) is 37.4 Å². The third-order valence-electron chi connectivity index (χ3n) is 3.26. The van der Waals surface area contributed by atoms with Gasteiger partial charge < -0.3 is 20.1 Å². The lowest BCUT2D eigenvalue weighted by molar-refractivity contribution is -0.219. The molecule has 0 spiro atoms. The minimum atomic E-state index is -1.27. The first-order valence-corrected chi connectivity index (χ1v) is 6.33. The molecular formula is C13H15NO4S. The number of benzene rings is 1. The van der Waals surface area contributed by atoms with Gasteiger partial charge in [-0.2, -0.15) is 4.99 Å². The molecule has 0 aliphatic carbocycles. The second kappa shape index (κ2) is 5.88. The number of ether oxygens (including phenoxy) is 1. The molecule has 6 heteroatoms. The highest BCUT2D eigenvalue weighted by atomic mass is 32.1. The van der Waals surface area contributed by atoms with Crippen molar-refractivity contribution < 1.29 is 20.1 Å². The molecule has 5 atom stereocenters. The second-order valence-corrected chi connectivity index (χ2v) is 4.68. The number of para-hydroxylation sites is 1. The number of hydrogen-bond donors (Lipinski definition) is 3. The highest BCUT2D eigenvalue weighted by Gasteiger charge is 2.42. The van der Waals surface area contributed by atoms with Gasteiger partial charge in [0.25, 0.3) is 0 Å². The van der Waals surface area contributed by atoms with Crippen LogP contribution in [0.25, 0.3) is 0 Å². The van der Waals surface area contributed by atoms with E-state index in [0.29, 0.717) is 11.3 Å². The van der Waals surface area contributed by atoms with Crippen molar-refractivity contribution in [3.8, 4) is 0 Å². The van der Waals surface area contributed by atoms with Gasteiger partial charge in [0, 0.05) is 5.56 Å². The Hall–Kier alpha value is -1.14. The lowest BCUT2D eigenvalue weighted by atomic mass is 9.91. The number of hydrogen-bond acceptors (Lipinski definition) is 6. The number of aliphatic hydroxyl groups excluding tert-OH is 3. The number of nitrogens with zero attached hydrogens (tertiary/aromatic N) is 1. The summed E-state index contributed by atoms with van der Waals surface area (Å²) in [6.45, 7) is 1.64. The van der Waals surface area contributed by atoms with Crippen LogP contribution in [0, 0.1) is 0 Å². The highest BCUT2D eigenvalue weighted by molar-refractivity contribution is 7.78. The van der Waals surface area contributed by atoms with Crippen LogP contribution in [0.1, 0.15) is 18.6 Å². The van der Waals surface area contributed by atoms with E-state index in [9.17, 15) is 15.3 Å². The SMILES string of the molecule is C[C@@H]1OC(c2ccccc2N=C=S)[C@H](O)[C@H](O)[C@H]1O. The monoisotopic (exact) mass is 281 g/mol. The molecule has 2 rings (SSSR count). The molecule has 1 saturated heterocycles. The summed E-state index contributed by atoms with van der Waals surface area (Å²) in [5.41, 5.74) is 1.13. The molecular weight excluding hydrogens is 266 g/mol. The minimum absolute atomic E-state index is 0.525. The maximum Gasteiger partial charge on any atom is 0.114 e. The first-order valence-electron chi connectivity index (χ1n) is 5.92. The van der Waals surface area contributed by atoms with E-state index in [-0.39, 0.29) is 0 Å². The lowest BCUT2D eigenvalue weighted by Crippen LogP contribution is -2.53. The fourth-order valence-electron chi connectivity index (χ4n) is 2.19. The van der Waals surface area contributed by atoms with E-state index in [2.05, 4.69) is 22.4 Å². The van der Waals surface area contributed by atoms with Crippen molar-refractivity contribution in [1.29, 1.82) is 0 Å². The van der Waals surface area contributed by atoms with Crippen molar-refractivity contribution >= 4 is 23.1 Å². The van der Waals surface area contributed by atoms with Gasteiger partial charge in [0.15, 0.2) is 0 Å². The topological polar surface area (TPSA) is 82.3 Å². The van der Waals surface area contributed by atoms with Crippen LogP contribution in [-0.2, 0) is 4.74 Å². The highest BCUT2D eigenvalue weighted by Crippen LogP contribution is 2.36. The zero-order valence-corrected chi connectivity index (χ0v) is 11.1. The summed E-state index contributed by atoms with van der Waals surface area (Å²) in [6.07, 6.45) is -4.97. The summed E-state index contributed by atoms with van der Waals surface area (Å²) in [5.74, 6) is 0. The van der Waals surface area contributed by atoms with E-state index in [4.69, 9.17) is 4.74 Å². The second-order valence-electron chi connectivity index (χ2n) is 4.50. The first kappa shape index (κ1) is 14.3. The summed E-state index contributed by atoms with van der Waals surface area (Å²) in [5, 5.41) is 31.8. The Morgan fingerprint density at radius 2 is 1.84 bits per heavy atom. The fraction of sp³-hybridized carbons (Fsp3) is 0.462. The summed E-state index contributed by atoms with van der Waals surface area (Å²) in [6, 6.07) is 7.00. The standard InChI is InChI=1S/C13H15NO4S/c1-7-10(15)11(16)12(17)13(18-7)8-4-2-3-5-9(8)14-6-19/h2-5,7,10-13,15-17H,1H3/t7-,10-,11+,12+,13?/m0/s1. The van der Waals surface area contributed by atoms with Crippen LogP contribution in [0.15, 0.2) is 29.3 Å². The van der Waals surface area contributed by atoms with Gasteiger partial charge in [0.05, 0.1) is 17.0 Å². The van der Waals surface area contributed by atoms with Crippen molar-refractivity contribution in [1.82, 2.24) is 0 Å². The van der Waals surface area contributed by atoms with Crippen LogP contribution in [0.3, 0.4) is 0 Å². The van der Waals surface area contributed by atoms with Gasteiger partial charge in [0.1, 0.15) is 24.4 Å². The van der Waals surface area contributed by atoms with Crippen LogP contribution >= 0.6 is 12.2 Å². The summed E-state index contributed by atoms with van der Waals surface area (Å²) in [4.78, 5) is 3.91. The largest absolute Gasteiger partial charge is 0.388 e. The van der Waals surface area contributed by atoms with Gasteiger partial charge in [-0.05, 0) is 25.2 Å². The molecule has 1 aromatic rings. The molecule has 102 valence electrons. The third-order valence-corrected chi connectivity index (χ3v) is 3.35. The van der Waals surface area contributed by atoms with Crippen molar-refractivity contribution in [3.63, 3.8) is 0 Å². The van der Waals surface area contributed by atoms with Crippen molar-refractivity contribution in [3.05, 3.63) is 29.8 Å². The van der Waals surface area contributed by atoms with Gasteiger partial charge in [-0.15, -0.1) is 0 Å². The van der Waals surface area contributed by atoms with E-state index in [1.165, 1.54) is 0 Å². The van der Waals surface area contributed by atoms with Crippen molar-refractivity contribution in [2.24, 2.45) is 4.99 Å². The molecule has 0 radical (unpaired) electrons. The first-order chi connectivity index (χ1) is 9.06. The Morgan fingerprint density at radius 3 is 2.53 bits per heavy atom. The van der Waals surface area contributed by atoms with Crippen LogP contribution < -0.4 is 0 Å². The molecule has 1 fully saturated rings. The molecule has 1 aliphatic heterocycles. The van der Waals surface area contributed by atoms with Crippen molar-refractivity contribution in [2.75, 3.05) is 0 Å². The molecule has 1 aromatic carbocycles. The smallest absolute Gasteiger partial charge is 0.114 e. The quantitative estimate of drug-likeness (QED) is 0.556. The molecule has 1 aliphatic rings. The summed E-state index contributed by atoms with van der Waals surface area (Å²) in [7, 11) is 0. The summed E-state index contributed by atoms with van der Waals surface area (Å²) >= 11 is 4.58. The zero-order chi connectivity index (χ0) is 14.0. The van der Waals surface area contributed by atoms with Crippen LogP contribution in [0.2, 0.25) is 0 Å². The predicted molar refractivity (Wildman–Crippen MR) is 72.4 cm³/mol. The molecule has 19 heavy (non-hydrogen) atoms. The molecule has 0 aromatic heterocycles. The average molecular weight is 281 g/mol. The Bertz CT molecular complexity index is 503. The van der Waals surface area contributed by atoms with E-state index < -0.39 is 30.5 Å². The Labute approximate surface area is 116 Å². The number of thiocarbonyl (C=S) groups is 1. The summed E-state index contributed by atoms with van der Waals surface area (Å²) < 4.78 is 5.57. The van der Waals surface area contributed by atoms with E-state index in [0.717, 1.165) is 0 Å². The van der Waals surface area contributed by atoms with E-state index in [1.807, 2.05) is 0 Å². The molecule has 3 N–H and O–H groups in total. The third kappa shape index (κ3) is 2.74. The number of isothiocyanates is 1. The van der Waals surface area contributed by atoms with Crippen LogP contribution in [0.4, 0.5) is 5.69 Å². The van der Waals surface area contributed by atoms with E-state index >= 15 is 0 Å². The predicted octanol–water partition coefficient (Wildman–Crippen LogP) is 0.963. The number of aliphatic imine (C=N–C) groups is 1. The molecule has 0 amide bonds. The van der Waals surface area contributed by atoms with Crippen LogP contribution in [0.5, 0.6) is 0 Å². The van der Waals surface area contributed by atoms with Gasteiger partial charge in [0.2, 0.25) is 0 Å². The van der Waals surface area contributed by atoms with Gasteiger partial charge >= 0.3 is 0 Å².